The fourth-order valence-corrected chi connectivity index (χ4v) is 2.30. The lowest BCUT2D eigenvalue weighted by atomic mass is 10.2. The van der Waals surface area contributed by atoms with Gasteiger partial charge in [0.05, 0.1) is 0 Å². The van der Waals surface area contributed by atoms with Crippen molar-refractivity contribution in [3.8, 4) is 0 Å². The van der Waals surface area contributed by atoms with E-state index in [2.05, 4.69) is 30.5 Å². The highest BCUT2D eigenvalue weighted by molar-refractivity contribution is 5.77. The highest BCUT2D eigenvalue weighted by Crippen LogP contribution is 2.11. The van der Waals surface area contributed by atoms with Crippen LogP contribution in [0.2, 0.25) is 0 Å². The zero-order valence-corrected chi connectivity index (χ0v) is 12.0. The number of aromatic nitrogens is 5. The lowest BCUT2D eigenvalue weighted by molar-refractivity contribution is -0.122. The van der Waals surface area contributed by atoms with Crippen molar-refractivity contribution in [2.75, 3.05) is 0 Å². The summed E-state index contributed by atoms with van der Waals surface area (Å²) in [5, 5.41) is 18.9. The molecule has 0 saturated heterocycles. The summed E-state index contributed by atoms with van der Waals surface area (Å²) in [5.41, 5.74) is 3.80. The molecule has 2 aromatic carbocycles. The van der Waals surface area contributed by atoms with Crippen LogP contribution in [0.25, 0.3) is 22.1 Å². The van der Waals surface area contributed by atoms with Gasteiger partial charge in [-0.1, -0.05) is 18.2 Å². The van der Waals surface area contributed by atoms with Gasteiger partial charge < -0.3 is 5.32 Å². The van der Waals surface area contributed by atoms with Crippen LogP contribution in [0.4, 0.5) is 0 Å². The molecule has 0 aliphatic heterocycles. The van der Waals surface area contributed by atoms with E-state index < -0.39 is 0 Å². The average molecular weight is 308 g/mol. The van der Waals surface area contributed by atoms with Crippen molar-refractivity contribution < 1.29 is 9.42 Å². The summed E-state index contributed by atoms with van der Waals surface area (Å²) in [6, 6.07) is 13.0. The molecule has 0 saturated carbocycles. The molecule has 1 N–H and O–H groups in total. The first-order chi connectivity index (χ1) is 11.3. The third-order valence-corrected chi connectivity index (χ3v) is 3.42. The van der Waals surface area contributed by atoms with Crippen molar-refractivity contribution in [3.63, 3.8) is 0 Å². The Labute approximate surface area is 130 Å². The van der Waals surface area contributed by atoms with Gasteiger partial charge in [-0.25, -0.2) is 4.63 Å². The summed E-state index contributed by atoms with van der Waals surface area (Å²) in [6.45, 7) is 0.463. The quantitative estimate of drug-likeness (QED) is 0.610. The molecule has 0 unspecified atom stereocenters. The Morgan fingerprint density at radius 1 is 1.00 bits per heavy atom. The van der Waals surface area contributed by atoms with Crippen LogP contribution in [-0.4, -0.2) is 31.2 Å². The molecule has 114 valence electrons. The van der Waals surface area contributed by atoms with Crippen molar-refractivity contribution in [3.05, 3.63) is 48.0 Å². The maximum atomic E-state index is 12.0. The van der Waals surface area contributed by atoms with Gasteiger partial charge in [0, 0.05) is 6.54 Å². The average Bonchev–Trinajstić information content (AvgIpc) is 3.18. The Balaban J connectivity index is 1.41. The molecule has 0 radical (unpaired) electrons. The standard InChI is InChI=1S/C15H12N6O2/c22-15(9-21-17-11-3-1-2-4-12(11)18-21)16-8-10-5-6-13-14(7-10)20-23-19-13/h1-7H,8-9H2,(H,16,22). The summed E-state index contributed by atoms with van der Waals surface area (Å²) in [5.74, 6) is -0.163. The first kappa shape index (κ1) is 13.4. The van der Waals surface area contributed by atoms with E-state index in [-0.39, 0.29) is 12.5 Å². The molecule has 0 bridgehead atoms. The Morgan fingerprint density at radius 3 is 2.52 bits per heavy atom. The van der Waals surface area contributed by atoms with E-state index in [9.17, 15) is 4.79 Å². The zero-order valence-electron chi connectivity index (χ0n) is 12.0. The number of nitrogens with zero attached hydrogens (tertiary/aromatic N) is 5. The molecule has 0 aliphatic rings. The number of hydrogen-bond acceptors (Lipinski definition) is 6. The van der Waals surface area contributed by atoms with Crippen molar-refractivity contribution in [2.24, 2.45) is 0 Å². The van der Waals surface area contributed by atoms with Crippen LogP contribution >= 0.6 is 0 Å². The fourth-order valence-electron chi connectivity index (χ4n) is 2.30. The minimum atomic E-state index is -0.163. The molecule has 0 atom stereocenters. The van der Waals surface area contributed by atoms with Crippen molar-refractivity contribution in [2.45, 2.75) is 13.1 Å². The van der Waals surface area contributed by atoms with Gasteiger partial charge in [-0.05, 0) is 40.1 Å². The van der Waals surface area contributed by atoms with Gasteiger partial charge in [-0.3, -0.25) is 4.79 Å². The van der Waals surface area contributed by atoms with E-state index in [4.69, 9.17) is 0 Å². The van der Waals surface area contributed by atoms with E-state index >= 15 is 0 Å². The van der Waals surface area contributed by atoms with E-state index in [0.29, 0.717) is 17.6 Å². The second-order valence-corrected chi connectivity index (χ2v) is 5.08. The van der Waals surface area contributed by atoms with Crippen LogP contribution in [0.3, 0.4) is 0 Å². The molecule has 4 aromatic rings. The predicted molar refractivity (Wildman–Crippen MR) is 81.2 cm³/mol. The number of benzene rings is 2. The van der Waals surface area contributed by atoms with Crippen molar-refractivity contribution in [1.29, 1.82) is 0 Å². The van der Waals surface area contributed by atoms with Crippen LogP contribution in [0, 0.1) is 0 Å². The summed E-state index contributed by atoms with van der Waals surface area (Å²) in [7, 11) is 0. The number of carbonyl (C=O) groups excluding carboxylic acids is 1. The van der Waals surface area contributed by atoms with Gasteiger partial charge >= 0.3 is 0 Å². The van der Waals surface area contributed by atoms with Crippen LogP contribution in [-0.2, 0) is 17.9 Å². The van der Waals surface area contributed by atoms with Gasteiger partial charge in [0.1, 0.15) is 28.6 Å². The normalized spacial score (nSPS) is 11.1. The zero-order chi connectivity index (χ0) is 15.6. The van der Waals surface area contributed by atoms with E-state index in [1.165, 1.54) is 4.80 Å². The third kappa shape index (κ3) is 2.73. The molecule has 1 amide bonds. The molecule has 8 nitrogen and oxygen atoms in total. The molecule has 2 heterocycles. The Bertz CT molecular complexity index is 957. The van der Waals surface area contributed by atoms with Crippen LogP contribution < -0.4 is 5.32 Å². The Morgan fingerprint density at radius 2 is 1.74 bits per heavy atom. The smallest absolute Gasteiger partial charge is 0.243 e. The molecule has 23 heavy (non-hydrogen) atoms. The van der Waals surface area contributed by atoms with Crippen LogP contribution in [0.5, 0.6) is 0 Å². The molecular formula is C15H12N6O2. The second-order valence-electron chi connectivity index (χ2n) is 5.08. The maximum Gasteiger partial charge on any atom is 0.243 e. The SMILES string of the molecule is O=C(Cn1nc2ccccc2n1)NCc1ccc2nonc2c1. The topological polar surface area (TPSA) is 98.7 Å². The number of amides is 1. The lowest BCUT2D eigenvalue weighted by Crippen LogP contribution is -2.28. The Kier molecular flexibility index (Phi) is 3.19. The maximum absolute atomic E-state index is 12.0. The highest BCUT2D eigenvalue weighted by Gasteiger charge is 2.08. The van der Waals surface area contributed by atoms with Crippen molar-refractivity contribution >= 4 is 28.0 Å². The number of carbonyl (C=O) groups is 1. The predicted octanol–water partition coefficient (Wildman–Crippen LogP) is 1.28. The van der Waals surface area contributed by atoms with Crippen molar-refractivity contribution in [1.82, 2.24) is 30.6 Å². The molecule has 0 spiro atoms. The minimum absolute atomic E-state index is 0.0719. The van der Waals surface area contributed by atoms with Gasteiger partial charge in [-0.2, -0.15) is 15.0 Å². The van der Waals surface area contributed by atoms with Crippen LogP contribution in [0.1, 0.15) is 5.56 Å². The number of hydrogen-bond donors (Lipinski definition) is 1. The Hall–Kier alpha value is -3.29. The lowest BCUT2D eigenvalue weighted by Gasteiger charge is -2.04. The third-order valence-electron chi connectivity index (χ3n) is 3.42. The monoisotopic (exact) mass is 308 g/mol. The first-order valence-electron chi connectivity index (χ1n) is 7.06. The van der Waals surface area contributed by atoms with Gasteiger partial charge in [-0.15, -0.1) is 0 Å². The summed E-state index contributed by atoms with van der Waals surface area (Å²) in [4.78, 5) is 13.4. The number of rotatable bonds is 4. The van der Waals surface area contributed by atoms with Crippen LogP contribution in [0.15, 0.2) is 47.1 Å². The highest BCUT2D eigenvalue weighted by atomic mass is 16.6. The molecule has 8 heteroatoms. The molecular weight excluding hydrogens is 296 g/mol. The number of fused-ring (bicyclic) bond motifs is 2. The molecule has 0 fully saturated rings. The number of nitrogens with one attached hydrogen (secondary N) is 1. The molecule has 0 aliphatic carbocycles. The van der Waals surface area contributed by atoms with E-state index in [0.717, 1.165) is 16.6 Å². The summed E-state index contributed by atoms with van der Waals surface area (Å²) < 4.78 is 4.65. The summed E-state index contributed by atoms with van der Waals surface area (Å²) in [6.07, 6.45) is 0. The van der Waals surface area contributed by atoms with Gasteiger partial charge in [0.15, 0.2) is 0 Å². The molecule has 2 aromatic heterocycles. The molecule has 4 rings (SSSR count). The summed E-state index contributed by atoms with van der Waals surface area (Å²) >= 11 is 0. The van der Waals surface area contributed by atoms with Gasteiger partial charge in [0.25, 0.3) is 0 Å². The van der Waals surface area contributed by atoms with E-state index in [1.807, 2.05) is 36.4 Å². The fraction of sp³-hybridized carbons (Fsp3) is 0.133. The van der Waals surface area contributed by atoms with Gasteiger partial charge in [0.2, 0.25) is 5.91 Å². The second kappa shape index (κ2) is 5.48. The minimum Gasteiger partial charge on any atom is -0.350 e. The van der Waals surface area contributed by atoms with E-state index in [1.54, 1.807) is 6.07 Å². The largest absolute Gasteiger partial charge is 0.350 e. The first-order valence-corrected chi connectivity index (χ1v) is 7.06.